The summed E-state index contributed by atoms with van der Waals surface area (Å²) in [6.45, 7) is 0. The molecule has 1 heterocycles. The van der Waals surface area contributed by atoms with E-state index in [4.69, 9.17) is 46.4 Å². The molecule has 0 bridgehead atoms. The molecule has 0 radical (unpaired) electrons. The van der Waals surface area contributed by atoms with E-state index in [1.165, 1.54) is 11.8 Å². The molecular formula is C16H10Cl4N4OS. The molecule has 3 rings (SSSR count). The molecule has 0 aliphatic carbocycles. The van der Waals surface area contributed by atoms with Gasteiger partial charge in [0.2, 0.25) is 11.1 Å². The van der Waals surface area contributed by atoms with Crippen molar-refractivity contribution in [2.24, 2.45) is 0 Å². The minimum atomic E-state index is -0.218. The smallest absolute Gasteiger partial charge is 0.234 e. The van der Waals surface area contributed by atoms with Crippen molar-refractivity contribution in [3.63, 3.8) is 0 Å². The van der Waals surface area contributed by atoms with Crippen molar-refractivity contribution in [3.05, 3.63) is 56.5 Å². The lowest BCUT2D eigenvalue weighted by Crippen LogP contribution is -2.14. The van der Waals surface area contributed by atoms with Gasteiger partial charge in [-0.05, 0) is 36.4 Å². The molecule has 0 aliphatic heterocycles. The number of amides is 1. The maximum atomic E-state index is 12.0. The van der Waals surface area contributed by atoms with Gasteiger partial charge < -0.3 is 5.32 Å². The number of thioether (sulfide) groups is 1. The zero-order chi connectivity index (χ0) is 18.7. The Morgan fingerprint density at radius 3 is 2.58 bits per heavy atom. The monoisotopic (exact) mass is 446 g/mol. The van der Waals surface area contributed by atoms with Crippen LogP contribution in [-0.4, -0.2) is 26.8 Å². The number of H-pyrrole nitrogens is 1. The first kappa shape index (κ1) is 19.3. The number of benzene rings is 2. The van der Waals surface area contributed by atoms with Gasteiger partial charge in [0.25, 0.3) is 0 Å². The Balaban J connectivity index is 1.60. The fraction of sp³-hybridized carbons (Fsp3) is 0.0625. The fourth-order valence-corrected chi connectivity index (χ4v) is 3.41. The van der Waals surface area contributed by atoms with Crippen LogP contribution in [0.4, 0.5) is 5.69 Å². The van der Waals surface area contributed by atoms with Gasteiger partial charge in [-0.15, -0.1) is 5.10 Å². The quantitative estimate of drug-likeness (QED) is 0.483. The van der Waals surface area contributed by atoms with Crippen molar-refractivity contribution in [2.75, 3.05) is 11.1 Å². The molecule has 0 unspecified atom stereocenters. The van der Waals surface area contributed by atoms with Crippen molar-refractivity contribution in [1.82, 2.24) is 15.2 Å². The van der Waals surface area contributed by atoms with E-state index in [-0.39, 0.29) is 11.7 Å². The third-order valence-corrected chi connectivity index (χ3v) is 5.32. The highest BCUT2D eigenvalue weighted by molar-refractivity contribution is 7.99. The molecule has 1 aromatic heterocycles. The summed E-state index contributed by atoms with van der Waals surface area (Å²) in [5.74, 6) is 0.412. The van der Waals surface area contributed by atoms with Crippen LogP contribution in [0.5, 0.6) is 0 Å². The first-order chi connectivity index (χ1) is 12.4. The Labute approximate surface area is 173 Å². The van der Waals surface area contributed by atoms with E-state index in [0.717, 1.165) is 0 Å². The summed E-state index contributed by atoms with van der Waals surface area (Å²) in [7, 11) is 0. The summed E-state index contributed by atoms with van der Waals surface area (Å²) in [5, 5.41) is 11.8. The van der Waals surface area contributed by atoms with E-state index in [9.17, 15) is 4.79 Å². The maximum absolute atomic E-state index is 12.0. The van der Waals surface area contributed by atoms with E-state index in [0.29, 0.717) is 42.3 Å². The van der Waals surface area contributed by atoms with Crippen molar-refractivity contribution >= 4 is 69.8 Å². The highest BCUT2D eigenvalue weighted by Crippen LogP contribution is 2.29. The Bertz CT molecular complexity index is 963. The second-order valence-corrected chi connectivity index (χ2v) is 7.66. The lowest BCUT2D eigenvalue weighted by atomic mass is 10.2. The molecule has 0 fully saturated rings. The van der Waals surface area contributed by atoms with E-state index in [1.807, 2.05) is 0 Å². The minimum absolute atomic E-state index is 0.131. The zero-order valence-corrected chi connectivity index (χ0v) is 16.7. The molecule has 0 spiro atoms. The first-order valence-electron chi connectivity index (χ1n) is 7.18. The molecule has 0 aliphatic rings. The minimum Gasteiger partial charge on any atom is -0.325 e. The number of hydrogen-bond donors (Lipinski definition) is 2. The zero-order valence-electron chi connectivity index (χ0n) is 12.9. The van der Waals surface area contributed by atoms with Crippen molar-refractivity contribution < 1.29 is 4.79 Å². The summed E-state index contributed by atoms with van der Waals surface area (Å²) in [5.41, 5.74) is 1.24. The van der Waals surface area contributed by atoms with Gasteiger partial charge in [-0.3, -0.25) is 9.89 Å². The SMILES string of the molecule is O=C(CSc1n[nH]c(-c2ccc(Cl)cc2Cl)n1)Nc1ccc(Cl)c(Cl)c1. The van der Waals surface area contributed by atoms with Gasteiger partial charge in [0.1, 0.15) is 0 Å². The predicted molar refractivity (Wildman–Crippen MR) is 108 cm³/mol. The van der Waals surface area contributed by atoms with Crippen molar-refractivity contribution in [3.8, 4) is 11.4 Å². The average molecular weight is 448 g/mol. The molecule has 5 nitrogen and oxygen atoms in total. The summed E-state index contributed by atoms with van der Waals surface area (Å²) in [6, 6.07) is 9.95. The van der Waals surface area contributed by atoms with Crippen LogP contribution in [0, 0.1) is 0 Å². The highest BCUT2D eigenvalue weighted by Gasteiger charge is 2.12. The van der Waals surface area contributed by atoms with E-state index < -0.39 is 0 Å². The lowest BCUT2D eigenvalue weighted by Gasteiger charge is -2.05. The third-order valence-electron chi connectivity index (χ3n) is 3.19. The van der Waals surface area contributed by atoms with Crippen LogP contribution in [-0.2, 0) is 4.79 Å². The standard InChI is InChI=1S/C16H10Cl4N4OS/c17-8-1-3-10(12(19)5-8)15-22-16(24-23-15)26-7-14(25)21-9-2-4-11(18)13(20)6-9/h1-6H,7H2,(H,21,25)(H,22,23,24). The second-order valence-electron chi connectivity index (χ2n) is 5.06. The average Bonchev–Trinajstić information content (AvgIpc) is 3.05. The van der Waals surface area contributed by atoms with Crippen LogP contribution >= 0.6 is 58.2 Å². The van der Waals surface area contributed by atoms with Gasteiger partial charge in [-0.25, -0.2) is 4.98 Å². The maximum Gasteiger partial charge on any atom is 0.234 e. The number of aromatic nitrogens is 3. The number of nitrogens with zero attached hydrogens (tertiary/aromatic N) is 2. The molecule has 134 valence electrons. The van der Waals surface area contributed by atoms with Crippen LogP contribution in [0.1, 0.15) is 0 Å². The van der Waals surface area contributed by atoms with Crippen molar-refractivity contribution in [2.45, 2.75) is 5.16 Å². The summed E-state index contributed by atoms with van der Waals surface area (Å²) in [6.07, 6.45) is 0. The molecular weight excluding hydrogens is 438 g/mol. The summed E-state index contributed by atoms with van der Waals surface area (Å²) >= 11 is 25.0. The largest absolute Gasteiger partial charge is 0.325 e. The van der Waals surface area contributed by atoms with Crippen LogP contribution in [0.3, 0.4) is 0 Å². The van der Waals surface area contributed by atoms with Gasteiger partial charge in [-0.2, -0.15) is 0 Å². The molecule has 0 saturated carbocycles. The number of hydrogen-bond acceptors (Lipinski definition) is 4. The highest BCUT2D eigenvalue weighted by atomic mass is 35.5. The fourth-order valence-electron chi connectivity index (χ4n) is 2.01. The molecule has 26 heavy (non-hydrogen) atoms. The molecule has 10 heteroatoms. The van der Waals surface area contributed by atoms with E-state index in [2.05, 4.69) is 20.5 Å². The number of nitrogens with one attached hydrogen (secondary N) is 2. The van der Waals surface area contributed by atoms with Gasteiger partial charge >= 0.3 is 0 Å². The first-order valence-corrected chi connectivity index (χ1v) is 9.67. The Morgan fingerprint density at radius 1 is 1.04 bits per heavy atom. The van der Waals surface area contributed by atoms with Crippen LogP contribution in [0.25, 0.3) is 11.4 Å². The lowest BCUT2D eigenvalue weighted by molar-refractivity contribution is -0.113. The van der Waals surface area contributed by atoms with Crippen LogP contribution < -0.4 is 5.32 Å². The molecule has 0 atom stereocenters. The Hall–Kier alpha value is -1.44. The number of carbonyl (C=O) groups excluding carboxylic acids is 1. The number of carbonyl (C=O) groups is 1. The number of rotatable bonds is 5. The predicted octanol–water partition coefficient (Wildman–Crippen LogP) is 5.82. The number of anilines is 1. The van der Waals surface area contributed by atoms with Gasteiger partial charge in [0.15, 0.2) is 5.82 Å². The van der Waals surface area contributed by atoms with Gasteiger partial charge in [-0.1, -0.05) is 58.2 Å². The summed E-state index contributed by atoms with van der Waals surface area (Å²) < 4.78 is 0. The molecule has 1 amide bonds. The Morgan fingerprint density at radius 2 is 1.85 bits per heavy atom. The Kier molecular flexibility index (Phi) is 6.32. The van der Waals surface area contributed by atoms with Gasteiger partial charge in [0.05, 0.1) is 20.8 Å². The van der Waals surface area contributed by atoms with Crippen LogP contribution in [0.2, 0.25) is 20.1 Å². The number of aromatic amines is 1. The number of halogens is 4. The van der Waals surface area contributed by atoms with Crippen LogP contribution in [0.15, 0.2) is 41.6 Å². The van der Waals surface area contributed by atoms with Crippen molar-refractivity contribution in [1.29, 1.82) is 0 Å². The van der Waals surface area contributed by atoms with E-state index >= 15 is 0 Å². The third kappa shape index (κ3) is 4.84. The van der Waals surface area contributed by atoms with E-state index in [1.54, 1.807) is 36.4 Å². The molecule has 2 N–H and O–H groups in total. The topological polar surface area (TPSA) is 70.7 Å². The van der Waals surface area contributed by atoms with Gasteiger partial charge in [0, 0.05) is 16.3 Å². The second kappa shape index (κ2) is 8.50. The molecule has 2 aromatic carbocycles. The normalized spacial score (nSPS) is 10.8. The summed E-state index contributed by atoms with van der Waals surface area (Å²) in [4.78, 5) is 16.4. The molecule has 3 aromatic rings. The molecule has 0 saturated heterocycles.